The number of aromatic nitrogens is 3. The van der Waals surface area contributed by atoms with Crippen LogP contribution in [0.5, 0.6) is 0 Å². The molecule has 0 fully saturated rings. The van der Waals surface area contributed by atoms with E-state index in [-0.39, 0.29) is 23.8 Å². The van der Waals surface area contributed by atoms with Crippen LogP contribution in [-0.2, 0) is 11.3 Å². The highest BCUT2D eigenvalue weighted by atomic mass is 16.6. The summed E-state index contributed by atoms with van der Waals surface area (Å²) in [6.45, 7) is 1.62. The van der Waals surface area contributed by atoms with Gasteiger partial charge in [0.2, 0.25) is 5.82 Å². The minimum Gasteiger partial charge on any atom is -0.459 e. The molecule has 1 amide bonds. The molecule has 3 heterocycles. The smallest absolute Gasteiger partial charge is 0.338 e. The molecule has 0 atom stereocenters. The number of rotatable bonds is 6. The van der Waals surface area contributed by atoms with E-state index in [1.165, 1.54) is 12.3 Å². The van der Waals surface area contributed by atoms with E-state index >= 15 is 0 Å². The fraction of sp³-hybridized carbons (Fsp3) is 0.0952. The zero-order valence-electron chi connectivity index (χ0n) is 15.9. The third-order valence-corrected chi connectivity index (χ3v) is 4.18. The molecular weight excluding hydrogens is 388 g/mol. The summed E-state index contributed by atoms with van der Waals surface area (Å²) in [6, 6.07) is 11.6. The van der Waals surface area contributed by atoms with Crippen LogP contribution in [0.25, 0.3) is 11.4 Å². The second-order valence-corrected chi connectivity index (χ2v) is 6.29. The van der Waals surface area contributed by atoms with Crippen molar-refractivity contribution in [2.75, 3.05) is 5.32 Å². The van der Waals surface area contributed by atoms with E-state index in [4.69, 9.17) is 13.7 Å². The predicted molar refractivity (Wildman–Crippen MR) is 104 cm³/mol. The summed E-state index contributed by atoms with van der Waals surface area (Å²) in [4.78, 5) is 32.8. The van der Waals surface area contributed by atoms with Crippen LogP contribution in [-0.4, -0.2) is 27.0 Å². The Labute approximate surface area is 170 Å². The van der Waals surface area contributed by atoms with E-state index < -0.39 is 11.9 Å². The number of furan rings is 1. The fourth-order valence-electron chi connectivity index (χ4n) is 2.61. The Kier molecular flexibility index (Phi) is 5.33. The molecule has 0 spiro atoms. The van der Waals surface area contributed by atoms with Crippen LogP contribution in [0.4, 0.5) is 5.69 Å². The van der Waals surface area contributed by atoms with Crippen LogP contribution in [0, 0.1) is 6.92 Å². The number of pyridine rings is 1. The predicted octanol–water partition coefficient (Wildman–Crippen LogP) is 3.64. The van der Waals surface area contributed by atoms with Crippen LogP contribution < -0.4 is 5.32 Å². The highest BCUT2D eigenvalue weighted by Crippen LogP contribution is 2.20. The molecule has 0 aliphatic rings. The molecule has 0 aliphatic heterocycles. The molecule has 0 radical (unpaired) electrons. The number of carbonyl (C=O) groups is 2. The summed E-state index contributed by atoms with van der Waals surface area (Å²) in [5, 5.41) is 6.56. The van der Waals surface area contributed by atoms with Crippen molar-refractivity contribution < 1.29 is 23.3 Å². The van der Waals surface area contributed by atoms with Crippen molar-refractivity contribution >= 4 is 17.6 Å². The molecule has 30 heavy (non-hydrogen) atoms. The quantitative estimate of drug-likeness (QED) is 0.484. The van der Waals surface area contributed by atoms with Gasteiger partial charge in [-0.2, -0.15) is 4.98 Å². The first-order chi connectivity index (χ1) is 14.6. The lowest BCUT2D eigenvalue weighted by Crippen LogP contribution is -2.13. The van der Waals surface area contributed by atoms with Crippen LogP contribution in [0.2, 0.25) is 0 Å². The second-order valence-electron chi connectivity index (χ2n) is 6.29. The van der Waals surface area contributed by atoms with E-state index in [1.54, 1.807) is 48.8 Å². The number of ether oxygens (including phenoxy) is 1. The Bertz CT molecular complexity index is 1170. The molecule has 3 aromatic heterocycles. The SMILES string of the molecule is Cc1ccc(C(=O)OCc2nc(-c3cccnc3)no2)cc1NC(=O)c1ccco1. The van der Waals surface area contributed by atoms with E-state index in [0.29, 0.717) is 17.1 Å². The number of amides is 1. The van der Waals surface area contributed by atoms with E-state index in [1.807, 2.05) is 6.92 Å². The maximum absolute atomic E-state index is 12.4. The van der Waals surface area contributed by atoms with Gasteiger partial charge in [-0.25, -0.2) is 4.79 Å². The molecule has 0 aliphatic carbocycles. The highest BCUT2D eigenvalue weighted by molar-refractivity contribution is 6.03. The molecule has 9 nitrogen and oxygen atoms in total. The maximum Gasteiger partial charge on any atom is 0.338 e. The molecule has 0 saturated heterocycles. The average molecular weight is 404 g/mol. The van der Waals surface area contributed by atoms with E-state index in [2.05, 4.69) is 20.4 Å². The molecule has 4 rings (SSSR count). The van der Waals surface area contributed by atoms with Crippen LogP contribution in [0.3, 0.4) is 0 Å². The van der Waals surface area contributed by atoms with Crippen molar-refractivity contribution in [1.82, 2.24) is 15.1 Å². The number of carbonyl (C=O) groups excluding carboxylic acids is 2. The monoisotopic (exact) mass is 404 g/mol. The lowest BCUT2D eigenvalue weighted by Gasteiger charge is -2.09. The van der Waals surface area contributed by atoms with E-state index in [0.717, 1.165) is 5.56 Å². The third-order valence-electron chi connectivity index (χ3n) is 4.18. The minimum atomic E-state index is -0.593. The minimum absolute atomic E-state index is 0.153. The van der Waals surface area contributed by atoms with Gasteiger partial charge in [0.25, 0.3) is 11.8 Å². The maximum atomic E-state index is 12.4. The molecule has 0 saturated carbocycles. The highest BCUT2D eigenvalue weighted by Gasteiger charge is 2.15. The van der Waals surface area contributed by atoms with E-state index in [9.17, 15) is 9.59 Å². The Morgan fingerprint density at radius 1 is 1.17 bits per heavy atom. The van der Waals surface area contributed by atoms with Crippen LogP contribution >= 0.6 is 0 Å². The van der Waals surface area contributed by atoms with Gasteiger partial charge in [0, 0.05) is 23.6 Å². The van der Waals surface area contributed by atoms with Gasteiger partial charge in [0.15, 0.2) is 12.4 Å². The van der Waals surface area contributed by atoms with Crippen molar-refractivity contribution in [3.63, 3.8) is 0 Å². The van der Waals surface area contributed by atoms with Gasteiger partial charge < -0.3 is 19.0 Å². The lowest BCUT2D eigenvalue weighted by atomic mass is 10.1. The average Bonchev–Trinajstić information content (AvgIpc) is 3.46. The van der Waals surface area contributed by atoms with Crippen molar-refractivity contribution in [2.24, 2.45) is 0 Å². The largest absolute Gasteiger partial charge is 0.459 e. The summed E-state index contributed by atoms with van der Waals surface area (Å²) in [6.07, 6.45) is 4.65. The van der Waals surface area contributed by atoms with Gasteiger partial charge in [-0.3, -0.25) is 9.78 Å². The van der Waals surface area contributed by atoms with Gasteiger partial charge in [-0.1, -0.05) is 11.2 Å². The molecular formula is C21H16N4O5. The number of nitrogens with zero attached hydrogens (tertiary/aromatic N) is 3. The first kappa shape index (κ1) is 19.1. The molecule has 1 N–H and O–H groups in total. The topological polar surface area (TPSA) is 120 Å². The van der Waals surface area contributed by atoms with Crippen molar-refractivity contribution in [1.29, 1.82) is 0 Å². The van der Waals surface area contributed by atoms with Gasteiger partial charge in [0.05, 0.1) is 11.8 Å². The molecule has 0 unspecified atom stereocenters. The summed E-state index contributed by atoms with van der Waals surface area (Å²) in [7, 11) is 0. The Morgan fingerprint density at radius 3 is 2.83 bits per heavy atom. The lowest BCUT2D eigenvalue weighted by molar-refractivity contribution is 0.0429. The standard InChI is InChI=1S/C21H16N4O5/c1-13-6-7-14(10-16(13)23-20(26)17-5-3-9-28-17)21(27)29-12-18-24-19(25-30-18)15-4-2-8-22-11-15/h2-11H,12H2,1H3,(H,23,26). The summed E-state index contributed by atoms with van der Waals surface area (Å²) in [5.74, 6) is -0.330. The number of hydrogen-bond donors (Lipinski definition) is 1. The molecule has 4 aromatic rings. The molecule has 150 valence electrons. The first-order valence-corrected chi connectivity index (χ1v) is 8.96. The Hall–Kier alpha value is -4.27. The van der Waals surface area contributed by atoms with Gasteiger partial charge >= 0.3 is 5.97 Å². The summed E-state index contributed by atoms with van der Waals surface area (Å²) in [5.41, 5.74) is 2.21. The fourth-order valence-corrected chi connectivity index (χ4v) is 2.61. The second kappa shape index (κ2) is 8.39. The summed E-state index contributed by atoms with van der Waals surface area (Å²) >= 11 is 0. The third kappa shape index (κ3) is 4.25. The Morgan fingerprint density at radius 2 is 2.07 bits per heavy atom. The molecule has 0 bridgehead atoms. The number of anilines is 1. The van der Waals surface area contributed by atoms with Crippen molar-refractivity contribution in [2.45, 2.75) is 13.5 Å². The van der Waals surface area contributed by atoms with Crippen molar-refractivity contribution in [3.05, 3.63) is 83.9 Å². The number of benzene rings is 1. The Balaban J connectivity index is 1.41. The number of esters is 1. The molecule has 9 heteroatoms. The van der Waals surface area contributed by atoms with Crippen LogP contribution in [0.15, 0.2) is 70.1 Å². The zero-order valence-corrected chi connectivity index (χ0v) is 15.9. The number of hydrogen-bond acceptors (Lipinski definition) is 8. The normalized spacial score (nSPS) is 10.6. The first-order valence-electron chi connectivity index (χ1n) is 8.96. The van der Waals surface area contributed by atoms with Gasteiger partial charge in [-0.05, 0) is 48.9 Å². The van der Waals surface area contributed by atoms with Gasteiger partial charge in [0.1, 0.15) is 0 Å². The zero-order chi connectivity index (χ0) is 20.9. The molecule has 1 aromatic carbocycles. The number of aryl methyl sites for hydroxylation is 1. The van der Waals surface area contributed by atoms with Crippen molar-refractivity contribution in [3.8, 4) is 11.4 Å². The summed E-state index contributed by atoms with van der Waals surface area (Å²) < 4.78 is 15.4. The van der Waals surface area contributed by atoms with Crippen LogP contribution in [0.1, 0.15) is 32.4 Å². The number of nitrogens with one attached hydrogen (secondary N) is 1. The van der Waals surface area contributed by atoms with Gasteiger partial charge in [-0.15, -0.1) is 0 Å².